The van der Waals surface area contributed by atoms with Crippen LogP contribution in [0.15, 0.2) is 36.4 Å². The maximum Gasteiger partial charge on any atom is 0.321 e. The molecule has 0 spiro atoms. The van der Waals surface area contributed by atoms with Crippen LogP contribution in [0.5, 0.6) is 11.5 Å². The van der Waals surface area contributed by atoms with E-state index in [9.17, 15) is 9.59 Å². The van der Waals surface area contributed by atoms with Crippen LogP contribution >= 0.6 is 23.2 Å². The average molecular weight is 464 g/mol. The van der Waals surface area contributed by atoms with Crippen LogP contribution in [0.1, 0.15) is 12.0 Å². The Morgan fingerprint density at radius 2 is 1.65 bits per heavy atom. The fraction of sp³-hybridized carbons (Fsp3) is 0.364. The van der Waals surface area contributed by atoms with E-state index in [1.807, 2.05) is 6.07 Å². The van der Waals surface area contributed by atoms with Gasteiger partial charge in [-0.2, -0.15) is 0 Å². The third-order valence-electron chi connectivity index (χ3n) is 5.24. The molecule has 2 heterocycles. The lowest BCUT2D eigenvalue weighted by molar-refractivity contribution is -0.130. The molecule has 0 aliphatic carbocycles. The van der Waals surface area contributed by atoms with Gasteiger partial charge in [-0.3, -0.25) is 4.79 Å². The number of fused-ring (bicyclic) bond motifs is 1. The Balaban J connectivity index is 1.34. The molecule has 9 heteroatoms. The molecule has 2 aliphatic heterocycles. The topological polar surface area (TPSA) is 71.1 Å². The highest BCUT2D eigenvalue weighted by Gasteiger charge is 2.23. The number of benzene rings is 2. The van der Waals surface area contributed by atoms with E-state index in [0.717, 1.165) is 5.56 Å². The third kappa shape index (κ3) is 5.35. The van der Waals surface area contributed by atoms with E-state index in [4.69, 9.17) is 32.7 Å². The van der Waals surface area contributed by atoms with E-state index in [0.29, 0.717) is 73.0 Å². The molecule has 31 heavy (non-hydrogen) atoms. The number of ether oxygens (including phenoxy) is 2. The predicted molar refractivity (Wildman–Crippen MR) is 119 cm³/mol. The molecule has 4 rings (SSSR count). The molecule has 3 amide bonds. The summed E-state index contributed by atoms with van der Waals surface area (Å²) < 4.78 is 11.1. The van der Waals surface area contributed by atoms with Crippen molar-refractivity contribution < 1.29 is 19.1 Å². The minimum absolute atomic E-state index is 0.00676. The summed E-state index contributed by atoms with van der Waals surface area (Å²) in [5, 5.41) is 3.93. The van der Waals surface area contributed by atoms with Crippen molar-refractivity contribution in [3.8, 4) is 11.5 Å². The second-order valence-corrected chi connectivity index (χ2v) is 8.28. The highest BCUT2D eigenvalue weighted by molar-refractivity contribution is 6.32. The Morgan fingerprint density at radius 1 is 0.935 bits per heavy atom. The van der Waals surface area contributed by atoms with E-state index in [1.54, 1.807) is 40.1 Å². The van der Waals surface area contributed by atoms with Crippen molar-refractivity contribution in [1.29, 1.82) is 0 Å². The number of amides is 3. The Bertz CT molecular complexity index is 968. The minimum Gasteiger partial charge on any atom is -0.486 e. The van der Waals surface area contributed by atoms with Crippen LogP contribution in [0.3, 0.4) is 0 Å². The zero-order chi connectivity index (χ0) is 21.8. The second-order valence-electron chi connectivity index (χ2n) is 7.44. The average Bonchev–Trinajstić information content (AvgIpc) is 3.02. The predicted octanol–water partition coefficient (Wildman–Crippen LogP) is 4.07. The molecule has 0 aromatic heterocycles. The van der Waals surface area contributed by atoms with Gasteiger partial charge in [0, 0.05) is 36.9 Å². The monoisotopic (exact) mass is 463 g/mol. The van der Waals surface area contributed by atoms with Crippen LogP contribution in [0, 0.1) is 0 Å². The largest absolute Gasteiger partial charge is 0.486 e. The van der Waals surface area contributed by atoms with Crippen LogP contribution in [-0.2, 0) is 11.2 Å². The van der Waals surface area contributed by atoms with Gasteiger partial charge in [0.15, 0.2) is 11.5 Å². The number of nitrogens with zero attached hydrogens (tertiary/aromatic N) is 2. The number of urea groups is 1. The van der Waals surface area contributed by atoms with Crippen LogP contribution in [0.4, 0.5) is 10.5 Å². The lowest BCUT2D eigenvalue weighted by Gasteiger charge is -2.23. The maximum atomic E-state index is 12.9. The van der Waals surface area contributed by atoms with Crippen LogP contribution < -0.4 is 14.8 Å². The van der Waals surface area contributed by atoms with Crippen LogP contribution in [0.25, 0.3) is 0 Å². The van der Waals surface area contributed by atoms with Crippen molar-refractivity contribution in [1.82, 2.24) is 9.80 Å². The third-order valence-corrected chi connectivity index (χ3v) is 5.78. The molecule has 0 bridgehead atoms. The molecule has 0 atom stereocenters. The summed E-state index contributed by atoms with van der Waals surface area (Å²) in [6, 6.07) is 10.3. The fourth-order valence-corrected chi connectivity index (χ4v) is 4.07. The van der Waals surface area contributed by atoms with Gasteiger partial charge in [0.25, 0.3) is 0 Å². The van der Waals surface area contributed by atoms with Gasteiger partial charge in [-0.25, -0.2) is 4.79 Å². The Morgan fingerprint density at radius 3 is 2.45 bits per heavy atom. The molecule has 2 aliphatic rings. The molecule has 2 aromatic carbocycles. The maximum absolute atomic E-state index is 12.9. The summed E-state index contributed by atoms with van der Waals surface area (Å²) in [5.74, 6) is 1.09. The first-order valence-electron chi connectivity index (χ1n) is 10.2. The van der Waals surface area contributed by atoms with Crippen molar-refractivity contribution in [2.24, 2.45) is 0 Å². The van der Waals surface area contributed by atoms with E-state index in [-0.39, 0.29) is 18.4 Å². The van der Waals surface area contributed by atoms with Gasteiger partial charge in [-0.15, -0.1) is 0 Å². The van der Waals surface area contributed by atoms with Crippen LogP contribution in [0.2, 0.25) is 10.0 Å². The van der Waals surface area contributed by atoms with Gasteiger partial charge in [0.05, 0.1) is 11.4 Å². The number of carbonyl (C=O) groups excluding carboxylic acids is 2. The molecule has 164 valence electrons. The highest BCUT2D eigenvalue weighted by atomic mass is 35.5. The van der Waals surface area contributed by atoms with Gasteiger partial charge < -0.3 is 24.6 Å². The lowest BCUT2D eigenvalue weighted by atomic mass is 10.1. The number of nitrogens with one attached hydrogen (secondary N) is 1. The molecule has 1 N–H and O–H groups in total. The smallest absolute Gasteiger partial charge is 0.321 e. The number of halogens is 2. The molecule has 7 nitrogen and oxygen atoms in total. The minimum atomic E-state index is -0.185. The first-order chi connectivity index (χ1) is 15.0. The van der Waals surface area contributed by atoms with Crippen molar-refractivity contribution in [2.45, 2.75) is 12.8 Å². The van der Waals surface area contributed by atoms with E-state index < -0.39 is 0 Å². The Kier molecular flexibility index (Phi) is 6.73. The zero-order valence-electron chi connectivity index (χ0n) is 16.9. The van der Waals surface area contributed by atoms with Gasteiger partial charge in [-0.05, 0) is 48.4 Å². The van der Waals surface area contributed by atoms with Crippen molar-refractivity contribution in [3.63, 3.8) is 0 Å². The molecular formula is C22H23Cl2N3O4. The highest BCUT2D eigenvalue weighted by Crippen LogP contribution is 2.38. The normalized spacial score (nSPS) is 15.9. The number of anilines is 1. The Hall–Kier alpha value is -2.64. The molecule has 2 aromatic rings. The molecule has 1 fully saturated rings. The van der Waals surface area contributed by atoms with Crippen molar-refractivity contribution >= 4 is 40.8 Å². The zero-order valence-corrected chi connectivity index (χ0v) is 18.4. The van der Waals surface area contributed by atoms with E-state index in [2.05, 4.69) is 5.32 Å². The van der Waals surface area contributed by atoms with Gasteiger partial charge in [0.2, 0.25) is 5.91 Å². The molecule has 0 radical (unpaired) electrons. The standard InChI is InChI=1S/C22H23Cl2N3O4/c23-16-2-4-17(5-3-16)25-22(29)27-7-1-6-26(8-9-27)20(28)14-15-12-18(24)21-19(13-15)30-10-11-31-21/h2-5,12-13H,1,6-11,14H2,(H,25,29). The second kappa shape index (κ2) is 9.66. The van der Waals surface area contributed by atoms with E-state index >= 15 is 0 Å². The van der Waals surface area contributed by atoms with E-state index in [1.165, 1.54) is 0 Å². The summed E-state index contributed by atoms with van der Waals surface area (Å²) >= 11 is 12.2. The summed E-state index contributed by atoms with van der Waals surface area (Å²) in [4.78, 5) is 29.0. The van der Waals surface area contributed by atoms with Gasteiger partial charge >= 0.3 is 6.03 Å². The van der Waals surface area contributed by atoms with Crippen molar-refractivity contribution in [2.75, 3.05) is 44.7 Å². The Labute approximate surface area is 190 Å². The molecule has 0 unspecified atom stereocenters. The van der Waals surface area contributed by atoms with Crippen molar-refractivity contribution in [3.05, 3.63) is 52.0 Å². The summed E-state index contributed by atoms with van der Waals surface area (Å²) in [7, 11) is 0. The number of rotatable bonds is 3. The SMILES string of the molecule is O=C(Cc1cc(Cl)c2c(c1)OCCO2)N1CCCN(C(=O)Nc2ccc(Cl)cc2)CC1. The summed E-state index contributed by atoms with van der Waals surface area (Å²) in [5.41, 5.74) is 1.46. The molecule has 0 saturated carbocycles. The number of carbonyl (C=O) groups is 2. The van der Waals surface area contributed by atoms with Gasteiger partial charge in [-0.1, -0.05) is 23.2 Å². The number of hydrogen-bond acceptors (Lipinski definition) is 4. The first kappa shape index (κ1) is 21.6. The summed E-state index contributed by atoms with van der Waals surface area (Å²) in [6.07, 6.45) is 0.926. The summed E-state index contributed by atoms with van der Waals surface area (Å²) in [6.45, 7) is 3.04. The molecule has 1 saturated heterocycles. The first-order valence-corrected chi connectivity index (χ1v) is 10.9. The van der Waals surface area contributed by atoms with Crippen LogP contribution in [-0.4, -0.2) is 61.1 Å². The van der Waals surface area contributed by atoms with Gasteiger partial charge in [0.1, 0.15) is 13.2 Å². The molecular weight excluding hydrogens is 441 g/mol. The quantitative estimate of drug-likeness (QED) is 0.744. The lowest BCUT2D eigenvalue weighted by Crippen LogP contribution is -2.39. The number of hydrogen-bond donors (Lipinski definition) is 1. The fourth-order valence-electron chi connectivity index (χ4n) is 3.66.